The van der Waals surface area contributed by atoms with Crippen molar-refractivity contribution in [2.24, 2.45) is 0 Å². The zero-order valence-corrected chi connectivity index (χ0v) is 14.9. The normalized spacial score (nSPS) is 12.5. The number of aromatic nitrogens is 1. The second-order valence-electron chi connectivity index (χ2n) is 5.79. The maximum absolute atomic E-state index is 12.9. The van der Waals surface area contributed by atoms with Crippen LogP contribution >= 0.6 is 11.3 Å². The number of aliphatic hydroxyl groups excluding tert-OH is 1. The minimum Gasteiger partial charge on any atom is -0.506 e. The Hall–Kier alpha value is -3.45. The zero-order valence-electron chi connectivity index (χ0n) is 14.1. The average Bonchev–Trinajstić information content (AvgIpc) is 3.04. The van der Waals surface area contributed by atoms with Crippen molar-refractivity contribution in [3.8, 4) is 6.07 Å². The van der Waals surface area contributed by atoms with E-state index in [-0.39, 0.29) is 27.3 Å². The van der Waals surface area contributed by atoms with Gasteiger partial charge in [-0.1, -0.05) is 12.1 Å². The first kappa shape index (κ1) is 19.3. The summed E-state index contributed by atoms with van der Waals surface area (Å²) in [5, 5.41) is 31.0. The van der Waals surface area contributed by atoms with Gasteiger partial charge in [-0.2, -0.15) is 18.4 Å². The molecule has 0 aliphatic rings. The number of halogens is 3. The summed E-state index contributed by atoms with van der Waals surface area (Å²) in [4.78, 5) is 14.5. The summed E-state index contributed by atoms with van der Waals surface area (Å²) < 4.78 is 39.0. The molecule has 0 aliphatic carbocycles. The van der Waals surface area contributed by atoms with Crippen LogP contribution in [0.1, 0.15) is 21.7 Å². The fourth-order valence-electron chi connectivity index (χ4n) is 2.51. The van der Waals surface area contributed by atoms with Gasteiger partial charge in [0.15, 0.2) is 0 Å². The summed E-state index contributed by atoms with van der Waals surface area (Å²) in [5.41, 5.74) is -0.958. The minimum absolute atomic E-state index is 0.0116. The quantitative estimate of drug-likeness (QED) is 0.269. The highest BCUT2D eigenvalue weighted by atomic mass is 32.1. The molecule has 1 heterocycles. The molecule has 3 rings (SSSR count). The highest BCUT2D eigenvalue weighted by Crippen LogP contribution is 2.36. The average molecular weight is 405 g/mol. The van der Waals surface area contributed by atoms with Gasteiger partial charge in [0.2, 0.25) is 0 Å². The molecule has 0 fully saturated rings. The first-order chi connectivity index (χ1) is 13.1. The second kappa shape index (κ2) is 6.94. The Bertz CT molecular complexity index is 1180. The van der Waals surface area contributed by atoms with Gasteiger partial charge in [-0.25, -0.2) is 4.98 Å². The maximum atomic E-state index is 12.9. The number of aryl methyl sites for hydroxylation is 1. The molecule has 142 valence electrons. The van der Waals surface area contributed by atoms with Crippen LogP contribution in [0.3, 0.4) is 0 Å². The van der Waals surface area contributed by atoms with Crippen LogP contribution in [0.5, 0.6) is 0 Å². The maximum Gasteiger partial charge on any atom is 0.416 e. The number of benzene rings is 2. The van der Waals surface area contributed by atoms with Crippen LogP contribution in [0.2, 0.25) is 0 Å². The van der Waals surface area contributed by atoms with Crippen LogP contribution in [-0.2, 0) is 6.18 Å². The lowest BCUT2D eigenvalue weighted by Gasteiger charge is -2.05. The lowest BCUT2D eigenvalue weighted by molar-refractivity contribution is -0.385. The Balaban J connectivity index is 2.14. The van der Waals surface area contributed by atoms with Crippen molar-refractivity contribution in [2.75, 3.05) is 0 Å². The molecule has 0 aliphatic heterocycles. The number of nitro benzene ring substituents is 1. The van der Waals surface area contributed by atoms with Gasteiger partial charge >= 0.3 is 6.18 Å². The number of nitriles is 1. The molecule has 0 saturated heterocycles. The van der Waals surface area contributed by atoms with Gasteiger partial charge in [-0.05, 0) is 25.1 Å². The van der Waals surface area contributed by atoms with E-state index in [2.05, 4.69) is 4.98 Å². The van der Waals surface area contributed by atoms with Crippen molar-refractivity contribution in [1.82, 2.24) is 4.98 Å². The third-order valence-electron chi connectivity index (χ3n) is 3.96. The Morgan fingerprint density at radius 3 is 2.61 bits per heavy atom. The van der Waals surface area contributed by atoms with Gasteiger partial charge in [0.25, 0.3) is 5.69 Å². The first-order valence-electron chi connectivity index (χ1n) is 7.68. The van der Waals surface area contributed by atoms with Crippen molar-refractivity contribution >= 4 is 38.6 Å². The molecule has 28 heavy (non-hydrogen) atoms. The monoisotopic (exact) mass is 405 g/mol. The van der Waals surface area contributed by atoms with E-state index in [4.69, 9.17) is 0 Å². The van der Waals surface area contributed by atoms with Crippen molar-refractivity contribution in [3.05, 3.63) is 68.2 Å². The zero-order chi connectivity index (χ0) is 20.6. The first-order valence-corrected chi connectivity index (χ1v) is 8.50. The van der Waals surface area contributed by atoms with Crippen LogP contribution in [0, 0.1) is 28.4 Å². The number of hydrogen-bond acceptors (Lipinski definition) is 6. The molecule has 3 aromatic rings. The Labute approximate surface area is 160 Å². The number of allylic oxidation sites excluding steroid dienone is 1. The van der Waals surface area contributed by atoms with Crippen molar-refractivity contribution in [2.45, 2.75) is 13.1 Å². The molecular weight excluding hydrogens is 395 g/mol. The summed E-state index contributed by atoms with van der Waals surface area (Å²) in [6.45, 7) is 1.53. The van der Waals surface area contributed by atoms with E-state index in [0.717, 1.165) is 29.5 Å². The van der Waals surface area contributed by atoms with Crippen LogP contribution < -0.4 is 0 Å². The van der Waals surface area contributed by atoms with E-state index in [0.29, 0.717) is 10.3 Å². The van der Waals surface area contributed by atoms with Crippen molar-refractivity contribution in [1.29, 1.82) is 5.26 Å². The van der Waals surface area contributed by atoms with Gasteiger partial charge < -0.3 is 5.11 Å². The second-order valence-corrected chi connectivity index (χ2v) is 6.82. The lowest BCUT2D eigenvalue weighted by atomic mass is 10.1. The third-order valence-corrected chi connectivity index (χ3v) is 5.01. The van der Waals surface area contributed by atoms with Crippen LogP contribution in [-0.4, -0.2) is 15.0 Å². The molecule has 1 N–H and O–H groups in total. The van der Waals surface area contributed by atoms with Crippen LogP contribution in [0.25, 0.3) is 21.5 Å². The minimum atomic E-state index is -4.53. The molecule has 0 unspecified atom stereocenters. The number of hydrogen-bond donors (Lipinski definition) is 1. The smallest absolute Gasteiger partial charge is 0.416 e. The summed E-state index contributed by atoms with van der Waals surface area (Å²) in [5.74, 6) is -0.541. The molecule has 1 aromatic heterocycles. The number of thiazole rings is 1. The molecule has 2 aromatic carbocycles. The van der Waals surface area contributed by atoms with E-state index in [1.165, 1.54) is 25.1 Å². The van der Waals surface area contributed by atoms with E-state index >= 15 is 0 Å². The number of aliphatic hydroxyl groups is 1. The summed E-state index contributed by atoms with van der Waals surface area (Å²) >= 11 is 0.933. The molecule has 0 bridgehead atoms. The predicted octanol–water partition coefficient (Wildman–Crippen LogP) is 5.48. The molecule has 0 radical (unpaired) electrons. The Kier molecular flexibility index (Phi) is 4.79. The largest absolute Gasteiger partial charge is 0.506 e. The van der Waals surface area contributed by atoms with Gasteiger partial charge in [0.1, 0.15) is 22.4 Å². The van der Waals surface area contributed by atoms with Gasteiger partial charge in [-0.3, -0.25) is 10.1 Å². The van der Waals surface area contributed by atoms with Crippen LogP contribution in [0.4, 0.5) is 18.9 Å². The summed E-state index contributed by atoms with van der Waals surface area (Å²) in [7, 11) is 0. The number of nitro groups is 1. The van der Waals surface area contributed by atoms with E-state index in [1.54, 1.807) is 6.07 Å². The molecule has 6 nitrogen and oxygen atoms in total. The molecular formula is C18H10F3N3O3S. The van der Waals surface area contributed by atoms with Gasteiger partial charge in [0.05, 0.1) is 20.7 Å². The van der Waals surface area contributed by atoms with Gasteiger partial charge in [0, 0.05) is 17.2 Å². The van der Waals surface area contributed by atoms with Crippen LogP contribution in [0.15, 0.2) is 36.4 Å². The Morgan fingerprint density at radius 1 is 1.29 bits per heavy atom. The topological polar surface area (TPSA) is 100 Å². The third kappa shape index (κ3) is 3.52. The predicted molar refractivity (Wildman–Crippen MR) is 97.5 cm³/mol. The molecule has 0 atom stereocenters. The van der Waals surface area contributed by atoms with Crippen molar-refractivity contribution < 1.29 is 23.2 Å². The van der Waals surface area contributed by atoms with E-state index in [9.17, 15) is 33.7 Å². The summed E-state index contributed by atoms with van der Waals surface area (Å²) in [6, 6.07) is 8.73. The molecule has 10 heteroatoms. The van der Waals surface area contributed by atoms with E-state index in [1.807, 2.05) is 0 Å². The number of alkyl halides is 3. The molecule has 0 spiro atoms. The number of rotatable bonds is 3. The summed E-state index contributed by atoms with van der Waals surface area (Å²) in [6.07, 6.45) is -4.53. The fraction of sp³-hybridized carbons (Fsp3) is 0.111. The molecule has 0 amide bonds. The van der Waals surface area contributed by atoms with Crippen molar-refractivity contribution in [3.63, 3.8) is 0 Å². The standard InChI is InChI=1S/C18H10F3N3O3S/c1-9-2-3-10(6-14(9)24(26)27)16(25)12(8-22)17-23-13-7-11(18(19,20)21)4-5-15(13)28-17/h2-7,25H,1H3. The number of fused-ring (bicyclic) bond motifs is 1. The molecule has 0 saturated carbocycles. The Morgan fingerprint density at radius 2 is 2.00 bits per heavy atom. The lowest BCUT2D eigenvalue weighted by Crippen LogP contribution is -2.03. The number of nitrogens with zero attached hydrogens (tertiary/aromatic N) is 3. The van der Waals surface area contributed by atoms with Gasteiger partial charge in [-0.15, -0.1) is 11.3 Å². The fourth-order valence-corrected chi connectivity index (χ4v) is 3.45. The van der Waals surface area contributed by atoms with E-state index < -0.39 is 22.4 Å². The highest BCUT2D eigenvalue weighted by Gasteiger charge is 2.31. The SMILES string of the molecule is Cc1ccc(C(O)=C(C#N)c2nc3cc(C(F)(F)F)ccc3s2)cc1[N+](=O)[O-]. The highest BCUT2D eigenvalue weighted by molar-refractivity contribution is 7.19.